The minimum absolute atomic E-state index is 0.279. The van der Waals surface area contributed by atoms with E-state index in [9.17, 15) is 14.4 Å². The zero-order valence-corrected chi connectivity index (χ0v) is 17.9. The van der Waals surface area contributed by atoms with Crippen LogP contribution in [0.2, 0.25) is 0 Å². The van der Waals surface area contributed by atoms with Gasteiger partial charge in [0.1, 0.15) is 17.7 Å². The molecule has 1 saturated heterocycles. The van der Waals surface area contributed by atoms with E-state index in [-0.39, 0.29) is 12.3 Å². The minimum atomic E-state index is -0.859. The van der Waals surface area contributed by atoms with Crippen LogP contribution in [0.4, 0.5) is 4.79 Å². The standard InChI is InChI=1S/C22H29N3O5/c1-22(2,3)30-21(28)25-11-7-10-18(25)19(26)24-17(20(27)29-4)12-14-13-23-16-9-6-5-8-15(14)16/h5-6,8-9,13,17-18,23H,7,10-12H2,1-4H3,(H,24,26)/t17-,18+/m1/s1. The number of amides is 2. The first-order valence-corrected chi connectivity index (χ1v) is 10.1. The number of H-pyrrole nitrogens is 1. The molecule has 1 fully saturated rings. The Hall–Kier alpha value is -3.03. The second-order valence-electron chi connectivity index (χ2n) is 8.48. The maximum absolute atomic E-state index is 13.0. The van der Waals surface area contributed by atoms with Crippen molar-refractivity contribution in [2.24, 2.45) is 0 Å². The number of nitrogens with one attached hydrogen (secondary N) is 2. The Balaban J connectivity index is 1.73. The van der Waals surface area contributed by atoms with Gasteiger partial charge in [0.2, 0.25) is 5.91 Å². The lowest BCUT2D eigenvalue weighted by molar-refractivity contribution is -0.145. The van der Waals surface area contributed by atoms with Gasteiger partial charge in [-0.3, -0.25) is 9.69 Å². The van der Waals surface area contributed by atoms with Gasteiger partial charge in [-0.15, -0.1) is 0 Å². The lowest BCUT2D eigenvalue weighted by Crippen LogP contribution is -2.52. The van der Waals surface area contributed by atoms with Gasteiger partial charge in [0, 0.05) is 30.1 Å². The number of para-hydroxylation sites is 1. The van der Waals surface area contributed by atoms with Crippen LogP contribution in [0.25, 0.3) is 10.9 Å². The fourth-order valence-electron chi connectivity index (χ4n) is 3.70. The molecule has 2 heterocycles. The highest BCUT2D eigenvalue weighted by molar-refractivity contribution is 5.91. The highest BCUT2D eigenvalue weighted by atomic mass is 16.6. The van der Waals surface area contributed by atoms with Gasteiger partial charge in [0.25, 0.3) is 0 Å². The van der Waals surface area contributed by atoms with Crippen molar-refractivity contribution in [2.75, 3.05) is 13.7 Å². The summed E-state index contributed by atoms with van der Waals surface area (Å²) in [7, 11) is 1.29. The van der Waals surface area contributed by atoms with E-state index in [0.29, 0.717) is 19.4 Å². The smallest absolute Gasteiger partial charge is 0.410 e. The van der Waals surface area contributed by atoms with Crippen molar-refractivity contribution < 1.29 is 23.9 Å². The van der Waals surface area contributed by atoms with Crippen LogP contribution < -0.4 is 5.32 Å². The summed E-state index contributed by atoms with van der Waals surface area (Å²) in [6.07, 6.45) is 2.80. The third kappa shape index (κ3) is 4.93. The third-order valence-corrected chi connectivity index (χ3v) is 5.08. The first-order valence-electron chi connectivity index (χ1n) is 10.1. The fourth-order valence-corrected chi connectivity index (χ4v) is 3.70. The molecule has 3 rings (SSSR count). The molecule has 1 aromatic carbocycles. The van der Waals surface area contributed by atoms with Gasteiger partial charge in [-0.1, -0.05) is 18.2 Å². The van der Waals surface area contributed by atoms with E-state index >= 15 is 0 Å². The number of esters is 1. The van der Waals surface area contributed by atoms with Crippen LogP contribution in [0.15, 0.2) is 30.5 Å². The van der Waals surface area contributed by atoms with Crippen LogP contribution in [-0.4, -0.2) is 59.2 Å². The summed E-state index contributed by atoms with van der Waals surface area (Å²) in [4.78, 5) is 42.4. The molecule has 0 unspecified atom stereocenters. The van der Waals surface area contributed by atoms with E-state index in [1.54, 1.807) is 20.8 Å². The van der Waals surface area contributed by atoms with E-state index in [4.69, 9.17) is 9.47 Å². The van der Waals surface area contributed by atoms with Gasteiger partial charge in [-0.25, -0.2) is 9.59 Å². The van der Waals surface area contributed by atoms with Crippen LogP contribution >= 0.6 is 0 Å². The van der Waals surface area contributed by atoms with Gasteiger partial charge >= 0.3 is 12.1 Å². The summed E-state index contributed by atoms with van der Waals surface area (Å²) in [5.74, 6) is -0.913. The molecule has 1 aliphatic rings. The van der Waals surface area contributed by atoms with Gasteiger partial charge in [-0.05, 0) is 45.2 Å². The van der Waals surface area contributed by atoms with Crippen molar-refractivity contribution in [2.45, 2.75) is 57.7 Å². The highest BCUT2D eigenvalue weighted by Gasteiger charge is 2.38. The Morgan fingerprint density at radius 3 is 2.70 bits per heavy atom. The quantitative estimate of drug-likeness (QED) is 0.732. The average molecular weight is 415 g/mol. The molecular weight excluding hydrogens is 386 g/mol. The molecule has 30 heavy (non-hydrogen) atoms. The lowest BCUT2D eigenvalue weighted by Gasteiger charge is -2.28. The molecule has 162 valence electrons. The van der Waals surface area contributed by atoms with E-state index in [1.807, 2.05) is 30.5 Å². The number of carbonyl (C=O) groups is 3. The number of methoxy groups -OCH3 is 1. The number of hydrogen-bond donors (Lipinski definition) is 2. The van der Waals surface area contributed by atoms with E-state index in [2.05, 4.69) is 10.3 Å². The number of ether oxygens (including phenoxy) is 2. The molecule has 0 spiro atoms. The molecule has 1 aliphatic heterocycles. The zero-order valence-electron chi connectivity index (χ0n) is 17.9. The van der Waals surface area contributed by atoms with E-state index < -0.39 is 29.7 Å². The molecule has 8 heteroatoms. The second kappa shape index (κ2) is 8.77. The lowest BCUT2D eigenvalue weighted by atomic mass is 10.0. The maximum atomic E-state index is 13.0. The van der Waals surface area contributed by atoms with Gasteiger partial charge in [-0.2, -0.15) is 0 Å². The van der Waals surface area contributed by atoms with Crippen molar-refractivity contribution in [1.82, 2.24) is 15.2 Å². The van der Waals surface area contributed by atoms with Crippen molar-refractivity contribution in [3.05, 3.63) is 36.0 Å². The van der Waals surface area contributed by atoms with Gasteiger partial charge < -0.3 is 19.8 Å². The summed E-state index contributed by atoms with van der Waals surface area (Å²) >= 11 is 0. The van der Waals surface area contributed by atoms with Crippen LogP contribution in [0.5, 0.6) is 0 Å². The number of aromatic nitrogens is 1. The highest BCUT2D eigenvalue weighted by Crippen LogP contribution is 2.22. The molecule has 2 N–H and O–H groups in total. The minimum Gasteiger partial charge on any atom is -0.467 e. The summed E-state index contributed by atoms with van der Waals surface area (Å²) in [5, 5.41) is 3.77. The second-order valence-corrected chi connectivity index (χ2v) is 8.48. The van der Waals surface area contributed by atoms with Crippen molar-refractivity contribution in [3.63, 3.8) is 0 Å². The van der Waals surface area contributed by atoms with Gasteiger partial charge in [0.05, 0.1) is 7.11 Å². The number of rotatable bonds is 5. The molecule has 8 nitrogen and oxygen atoms in total. The number of aromatic amines is 1. The molecule has 2 amide bonds. The molecule has 1 aromatic heterocycles. The predicted octanol–water partition coefficient (Wildman–Crippen LogP) is 2.77. The monoisotopic (exact) mass is 415 g/mol. The van der Waals surface area contributed by atoms with E-state index in [1.165, 1.54) is 12.0 Å². The fraction of sp³-hybridized carbons (Fsp3) is 0.500. The van der Waals surface area contributed by atoms with Crippen LogP contribution in [0.3, 0.4) is 0 Å². The molecule has 0 aliphatic carbocycles. The number of carbonyl (C=O) groups excluding carboxylic acids is 3. The SMILES string of the molecule is COC(=O)[C@@H](Cc1c[nH]c2ccccc12)NC(=O)[C@@H]1CCCN1C(=O)OC(C)(C)C. The van der Waals surface area contributed by atoms with Crippen LogP contribution in [0.1, 0.15) is 39.2 Å². The molecule has 0 saturated carbocycles. The zero-order chi connectivity index (χ0) is 21.9. The number of hydrogen-bond acceptors (Lipinski definition) is 5. The van der Waals surface area contributed by atoms with Crippen molar-refractivity contribution in [1.29, 1.82) is 0 Å². The summed E-state index contributed by atoms with van der Waals surface area (Å²) in [6, 6.07) is 6.22. The Bertz CT molecular complexity index is 930. The van der Waals surface area contributed by atoms with Crippen LogP contribution in [0, 0.1) is 0 Å². The van der Waals surface area contributed by atoms with Crippen molar-refractivity contribution >= 4 is 28.9 Å². The first-order chi connectivity index (χ1) is 14.2. The number of fused-ring (bicyclic) bond motifs is 1. The van der Waals surface area contributed by atoms with Crippen LogP contribution in [-0.2, 0) is 25.5 Å². The molecular formula is C22H29N3O5. The number of nitrogens with zero attached hydrogens (tertiary/aromatic N) is 1. The summed E-state index contributed by atoms with van der Waals surface area (Å²) < 4.78 is 10.3. The van der Waals surface area contributed by atoms with Crippen molar-refractivity contribution in [3.8, 4) is 0 Å². The maximum Gasteiger partial charge on any atom is 0.410 e. The first kappa shape index (κ1) is 21.7. The Kier molecular flexibility index (Phi) is 6.34. The molecule has 2 aromatic rings. The van der Waals surface area contributed by atoms with E-state index in [0.717, 1.165) is 16.5 Å². The largest absolute Gasteiger partial charge is 0.467 e. The number of benzene rings is 1. The average Bonchev–Trinajstić information content (AvgIpc) is 3.33. The Morgan fingerprint density at radius 1 is 1.27 bits per heavy atom. The molecule has 0 bridgehead atoms. The summed E-state index contributed by atoms with van der Waals surface area (Å²) in [5.41, 5.74) is 1.20. The predicted molar refractivity (Wildman–Crippen MR) is 112 cm³/mol. The number of likely N-dealkylation sites (tertiary alicyclic amines) is 1. The van der Waals surface area contributed by atoms with Gasteiger partial charge in [0.15, 0.2) is 0 Å². The topological polar surface area (TPSA) is 101 Å². The Morgan fingerprint density at radius 2 is 2.00 bits per heavy atom. The third-order valence-electron chi connectivity index (χ3n) is 5.08. The normalized spacial score (nSPS) is 17.6. The molecule has 0 radical (unpaired) electrons. The Labute approximate surface area is 175 Å². The molecule has 2 atom stereocenters. The summed E-state index contributed by atoms with van der Waals surface area (Å²) in [6.45, 7) is 5.79.